The van der Waals surface area contributed by atoms with Gasteiger partial charge in [0.2, 0.25) is 0 Å². The van der Waals surface area contributed by atoms with Crippen LogP contribution in [0, 0.1) is 0 Å². The Bertz CT molecular complexity index is 639. The number of pyridine rings is 1. The van der Waals surface area contributed by atoms with E-state index in [0.717, 1.165) is 16.6 Å². The van der Waals surface area contributed by atoms with Crippen molar-refractivity contribution < 1.29 is 9.47 Å². The number of methoxy groups -OCH3 is 2. The predicted octanol–water partition coefficient (Wildman–Crippen LogP) is 2.79. The molecule has 3 N–H and O–H groups in total. The van der Waals surface area contributed by atoms with Gasteiger partial charge in [-0.15, -0.1) is 0 Å². The lowest BCUT2D eigenvalue weighted by molar-refractivity contribution is 0.356. The van der Waals surface area contributed by atoms with E-state index >= 15 is 0 Å². The maximum absolute atomic E-state index is 6.03. The predicted molar refractivity (Wildman–Crippen MR) is 86.2 cm³/mol. The summed E-state index contributed by atoms with van der Waals surface area (Å²) >= 11 is 0. The highest BCUT2D eigenvalue weighted by Gasteiger charge is 2.24. The molecule has 0 amide bonds. The van der Waals surface area contributed by atoms with Gasteiger partial charge in [0.05, 0.1) is 14.2 Å². The number of anilines is 1. The van der Waals surface area contributed by atoms with Crippen LogP contribution in [0.4, 0.5) is 5.82 Å². The summed E-state index contributed by atoms with van der Waals surface area (Å²) in [6.07, 6.45) is 1.77. The molecule has 0 radical (unpaired) electrons. The monoisotopic (exact) mass is 289 g/mol. The first-order valence-electron chi connectivity index (χ1n) is 6.93. The molecule has 114 valence electrons. The first-order chi connectivity index (χ1) is 9.89. The van der Waals surface area contributed by atoms with Gasteiger partial charge in [-0.05, 0) is 44.4 Å². The van der Waals surface area contributed by atoms with Crippen LogP contribution < -0.4 is 20.5 Å². The normalized spacial score (nSPS) is 13.0. The molecule has 5 nitrogen and oxygen atoms in total. The Kier molecular flexibility index (Phi) is 4.23. The van der Waals surface area contributed by atoms with Gasteiger partial charge in [0.15, 0.2) is 11.5 Å². The molecule has 2 rings (SSSR count). The van der Waals surface area contributed by atoms with E-state index < -0.39 is 0 Å². The number of rotatable bonds is 5. The van der Waals surface area contributed by atoms with Crippen molar-refractivity contribution in [2.45, 2.75) is 32.4 Å². The molecule has 1 aromatic heterocycles. The minimum Gasteiger partial charge on any atom is -0.493 e. The van der Waals surface area contributed by atoms with Gasteiger partial charge in [0.1, 0.15) is 5.82 Å². The molecule has 21 heavy (non-hydrogen) atoms. The van der Waals surface area contributed by atoms with Crippen molar-refractivity contribution in [3.8, 4) is 11.5 Å². The Morgan fingerprint density at radius 1 is 1.19 bits per heavy atom. The lowest BCUT2D eigenvalue weighted by Crippen LogP contribution is -2.47. The lowest BCUT2D eigenvalue weighted by Gasteiger charge is -2.31. The minimum absolute atomic E-state index is 0.0188. The quantitative estimate of drug-likeness (QED) is 0.885. The first kappa shape index (κ1) is 15.4. The van der Waals surface area contributed by atoms with E-state index in [1.54, 1.807) is 20.4 Å². The fourth-order valence-electron chi connectivity index (χ4n) is 2.02. The van der Waals surface area contributed by atoms with Gasteiger partial charge in [-0.2, -0.15) is 0 Å². The molecule has 2 aromatic rings. The Morgan fingerprint density at radius 3 is 2.38 bits per heavy atom. The van der Waals surface area contributed by atoms with Crippen LogP contribution >= 0.6 is 0 Å². The molecule has 0 saturated heterocycles. The Balaban J connectivity index is 2.55. The van der Waals surface area contributed by atoms with Gasteiger partial charge >= 0.3 is 0 Å². The van der Waals surface area contributed by atoms with Crippen LogP contribution in [0.1, 0.15) is 20.8 Å². The Morgan fingerprint density at radius 2 is 1.81 bits per heavy atom. The molecule has 1 unspecified atom stereocenters. The van der Waals surface area contributed by atoms with Gasteiger partial charge in [-0.3, -0.25) is 0 Å². The van der Waals surface area contributed by atoms with E-state index in [4.69, 9.17) is 15.2 Å². The highest BCUT2D eigenvalue weighted by atomic mass is 16.5. The number of nitrogens with two attached hydrogens (primary N) is 1. The number of nitrogens with one attached hydrogen (secondary N) is 1. The maximum atomic E-state index is 6.03. The molecule has 0 aliphatic heterocycles. The van der Waals surface area contributed by atoms with Crippen LogP contribution in [0.25, 0.3) is 10.8 Å². The molecule has 0 bridgehead atoms. The molecule has 1 atom stereocenters. The third-order valence-corrected chi connectivity index (χ3v) is 3.85. The van der Waals surface area contributed by atoms with Crippen molar-refractivity contribution in [2.24, 2.45) is 5.73 Å². The third kappa shape index (κ3) is 3.03. The van der Waals surface area contributed by atoms with Crippen LogP contribution in [-0.2, 0) is 0 Å². The lowest BCUT2D eigenvalue weighted by atomic mass is 9.96. The van der Waals surface area contributed by atoms with Crippen molar-refractivity contribution >= 4 is 16.6 Å². The molecule has 5 heteroatoms. The number of fused-ring (bicyclic) bond motifs is 1. The third-order valence-electron chi connectivity index (χ3n) is 3.85. The van der Waals surface area contributed by atoms with Gasteiger partial charge in [0.25, 0.3) is 0 Å². The second kappa shape index (κ2) is 5.77. The number of ether oxygens (including phenoxy) is 2. The minimum atomic E-state index is -0.269. The van der Waals surface area contributed by atoms with Crippen LogP contribution in [0.3, 0.4) is 0 Å². The molecule has 0 saturated carbocycles. The van der Waals surface area contributed by atoms with Crippen molar-refractivity contribution in [1.82, 2.24) is 4.98 Å². The molecule has 1 heterocycles. The average molecular weight is 289 g/mol. The van der Waals surface area contributed by atoms with Crippen LogP contribution in [0.5, 0.6) is 11.5 Å². The number of benzene rings is 1. The van der Waals surface area contributed by atoms with Gasteiger partial charge < -0.3 is 20.5 Å². The average Bonchev–Trinajstić information content (AvgIpc) is 2.45. The Labute approximate surface area is 125 Å². The van der Waals surface area contributed by atoms with Crippen LogP contribution in [-0.4, -0.2) is 30.8 Å². The van der Waals surface area contributed by atoms with Gasteiger partial charge in [-0.25, -0.2) is 4.98 Å². The fraction of sp³-hybridized carbons (Fsp3) is 0.438. The summed E-state index contributed by atoms with van der Waals surface area (Å²) in [5, 5.41) is 5.43. The van der Waals surface area contributed by atoms with Gasteiger partial charge in [-0.1, -0.05) is 0 Å². The summed E-state index contributed by atoms with van der Waals surface area (Å²) in [4.78, 5) is 4.44. The molecular formula is C16H23N3O2. The molecule has 0 spiro atoms. The fourth-order valence-corrected chi connectivity index (χ4v) is 2.02. The zero-order chi connectivity index (χ0) is 15.6. The summed E-state index contributed by atoms with van der Waals surface area (Å²) in [6.45, 7) is 6.08. The van der Waals surface area contributed by atoms with E-state index in [1.807, 2.05) is 25.1 Å². The van der Waals surface area contributed by atoms with Crippen molar-refractivity contribution in [3.05, 3.63) is 24.4 Å². The number of hydrogen-bond acceptors (Lipinski definition) is 5. The zero-order valence-corrected chi connectivity index (χ0v) is 13.2. The van der Waals surface area contributed by atoms with Crippen LogP contribution in [0.2, 0.25) is 0 Å². The molecular weight excluding hydrogens is 266 g/mol. The van der Waals surface area contributed by atoms with Crippen molar-refractivity contribution in [3.63, 3.8) is 0 Å². The Hall–Kier alpha value is -2.01. The van der Waals surface area contributed by atoms with E-state index in [-0.39, 0.29) is 11.6 Å². The van der Waals surface area contributed by atoms with Gasteiger partial charge in [0, 0.05) is 23.2 Å². The van der Waals surface area contributed by atoms with E-state index in [2.05, 4.69) is 24.1 Å². The summed E-state index contributed by atoms with van der Waals surface area (Å²) in [7, 11) is 3.25. The highest BCUT2D eigenvalue weighted by molar-refractivity contribution is 5.94. The van der Waals surface area contributed by atoms with Crippen molar-refractivity contribution in [2.75, 3.05) is 19.5 Å². The molecule has 0 aliphatic carbocycles. The largest absolute Gasteiger partial charge is 0.493 e. The summed E-state index contributed by atoms with van der Waals surface area (Å²) in [5.74, 6) is 2.17. The van der Waals surface area contributed by atoms with Crippen molar-refractivity contribution in [1.29, 1.82) is 0 Å². The number of aromatic nitrogens is 1. The molecule has 1 aromatic carbocycles. The van der Waals surface area contributed by atoms with E-state index in [9.17, 15) is 0 Å². The molecule has 0 aliphatic rings. The van der Waals surface area contributed by atoms with E-state index in [0.29, 0.717) is 11.5 Å². The zero-order valence-electron chi connectivity index (χ0n) is 13.2. The number of hydrogen-bond donors (Lipinski definition) is 2. The highest BCUT2D eigenvalue weighted by Crippen LogP contribution is 2.35. The summed E-state index contributed by atoms with van der Waals surface area (Å²) < 4.78 is 10.7. The van der Waals surface area contributed by atoms with Crippen LogP contribution in [0.15, 0.2) is 24.4 Å². The second-order valence-electron chi connectivity index (χ2n) is 5.72. The summed E-state index contributed by atoms with van der Waals surface area (Å²) in [5.41, 5.74) is 5.76. The number of nitrogens with zero attached hydrogens (tertiary/aromatic N) is 1. The first-order valence-corrected chi connectivity index (χ1v) is 6.93. The maximum Gasteiger partial charge on any atom is 0.161 e. The topological polar surface area (TPSA) is 69.4 Å². The van der Waals surface area contributed by atoms with E-state index in [1.165, 1.54) is 0 Å². The summed E-state index contributed by atoms with van der Waals surface area (Å²) in [6, 6.07) is 5.80. The standard InChI is InChI=1S/C16H23N3O2/c1-10(17)16(2,3)19-15-12-9-14(21-5)13(20-4)8-11(12)6-7-18-15/h6-10H,17H2,1-5H3,(H,18,19). The SMILES string of the molecule is COc1cc2ccnc(NC(C)(C)C(C)N)c2cc1OC. The molecule has 0 fully saturated rings. The smallest absolute Gasteiger partial charge is 0.161 e. The second-order valence-corrected chi connectivity index (χ2v) is 5.72.